The zero-order valence-corrected chi connectivity index (χ0v) is 18.1. The van der Waals surface area contributed by atoms with E-state index in [0.717, 1.165) is 5.56 Å². The highest BCUT2D eigenvalue weighted by atomic mass is 35.5. The molecule has 6 nitrogen and oxygen atoms in total. The molecule has 0 amide bonds. The standard InChI is InChI=1S/C21H22ClN3O3S/c1-4-27-19-11-14(2)5-10-18(19)28-12-20-23-24-21(25(20)3)29-13-17(26)15-6-8-16(22)9-7-15/h5-11H,4,12-13H2,1-3H3. The van der Waals surface area contributed by atoms with Crippen molar-refractivity contribution in [1.29, 1.82) is 0 Å². The lowest BCUT2D eigenvalue weighted by Gasteiger charge is -2.12. The number of Topliss-reactive ketones (excluding diaryl/α,β-unsaturated/α-hetero) is 1. The van der Waals surface area contributed by atoms with Crippen molar-refractivity contribution < 1.29 is 14.3 Å². The summed E-state index contributed by atoms with van der Waals surface area (Å²) >= 11 is 7.20. The van der Waals surface area contributed by atoms with Gasteiger partial charge in [-0.3, -0.25) is 4.79 Å². The topological polar surface area (TPSA) is 66.2 Å². The largest absolute Gasteiger partial charge is 0.490 e. The highest BCUT2D eigenvalue weighted by Gasteiger charge is 2.14. The Balaban J connectivity index is 1.61. The maximum absolute atomic E-state index is 12.3. The minimum absolute atomic E-state index is 0.00785. The lowest BCUT2D eigenvalue weighted by Crippen LogP contribution is -2.07. The smallest absolute Gasteiger partial charge is 0.191 e. The summed E-state index contributed by atoms with van der Waals surface area (Å²) in [6.07, 6.45) is 0. The van der Waals surface area contributed by atoms with Crippen LogP contribution >= 0.6 is 23.4 Å². The maximum Gasteiger partial charge on any atom is 0.191 e. The van der Waals surface area contributed by atoms with Gasteiger partial charge < -0.3 is 14.0 Å². The lowest BCUT2D eigenvalue weighted by atomic mass is 10.1. The summed E-state index contributed by atoms with van der Waals surface area (Å²) in [6.45, 7) is 4.75. The molecule has 0 N–H and O–H groups in total. The first kappa shape index (κ1) is 21.2. The fourth-order valence-corrected chi connectivity index (χ4v) is 3.54. The average molecular weight is 432 g/mol. The third-order valence-electron chi connectivity index (χ3n) is 4.18. The fraction of sp³-hybridized carbons (Fsp3) is 0.286. The SMILES string of the molecule is CCOc1cc(C)ccc1OCc1nnc(SCC(=O)c2ccc(Cl)cc2)n1C. The van der Waals surface area contributed by atoms with E-state index in [0.29, 0.717) is 39.7 Å². The van der Waals surface area contributed by atoms with Crippen LogP contribution in [0, 0.1) is 6.92 Å². The third kappa shape index (κ3) is 5.52. The van der Waals surface area contributed by atoms with E-state index in [4.69, 9.17) is 21.1 Å². The molecule has 3 aromatic rings. The molecule has 0 fully saturated rings. The minimum Gasteiger partial charge on any atom is -0.490 e. The predicted molar refractivity (Wildman–Crippen MR) is 114 cm³/mol. The molecule has 0 bridgehead atoms. The molecule has 0 aliphatic rings. The van der Waals surface area contributed by atoms with E-state index < -0.39 is 0 Å². The number of nitrogens with zero attached hydrogens (tertiary/aromatic N) is 3. The summed E-state index contributed by atoms with van der Waals surface area (Å²) in [7, 11) is 1.85. The summed E-state index contributed by atoms with van der Waals surface area (Å²) in [5.74, 6) is 2.30. The van der Waals surface area contributed by atoms with Gasteiger partial charge in [0.2, 0.25) is 0 Å². The second-order valence-electron chi connectivity index (χ2n) is 6.35. The Bertz CT molecular complexity index is 989. The zero-order valence-electron chi connectivity index (χ0n) is 16.5. The molecule has 8 heteroatoms. The summed E-state index contributed by atoms with van der Waals surface area (Å²) in [5.41, 5.74) is 1.72. The highest BCUT2D eigenvalue weighted by Crippen LogP contribution is 2.29. The number of aryl methyl sites for hydroxylation is 1. The maximum atomic E-state index is 12.3. The van der Waals surface area contributed by atoms with Crippen molar-refractivity contribution in [2.24, 2.45) is 7.05 Å². The van der Waals surface area contributed by atoms with Gasteiger partial charge in [0.05, 0.1) is 12.4 Å². The lowest BCUT2D eigenvalue weighted by molar-refractivity contribution is 0.102. The molecule has 0 spiro atoms. The van der Waals surface area contributed by atoms with Crippen LogP contribution in [0.3, 0.4) is 0 Å². The molecular formula is C21H22ClN3O3S. The van der Waals surface area contributed by atoms with Crippen molar-refractivity contribution in [1.82, 2.24) is 14.8 Å². The van der Waals surface area contributed by atoms with Gasteiger partial charge in [0.25, 0.3) is 0 Å². The molecule has 152 valence electrons. The molecule has 0 unspecified atom stereocenters. The molecule has 3 rings (SSSR count). The van der Waals surface area contributed by atoms with Gasteiger partial charge >= 0.3 is 0 Å². The molecule has 2 aromatic carbocycles. The average Bonchev–Trinajstić information content (AvgIpc) is 3.06. The molecule has 1 aromatic heterocycles. The molecule has 0 saturated heterocycles. The highest BCUT2D eigenvalue weighted by molar-refractivity contribution is 7.99. The van der Waals surface area contributed by atoms with Crippen molar-refractivity contribution in [2.75, 3.05) is 12.4 Å². The van der Waals surface area contributed by atoms with E-state index in [-0.39, 0.29) is 18.1 Å². The Kier molecular flexibility index (Phi) is 7.17. The number of benzene rings is 2. The molecule has 0 atom stereocenters. The summed E-state index contributed by atoms with van der Waals surface area (Å²) < 4.78 is 13.4. The number of aromatic nitrogens is 3. The van der Waals surface area contributed by atoms with E-state index >= 15 is 0 Å². The van der Waals surface area contributed by atoms with Crippen LogP contribution in [-0.4, -0.2) is 32.9 Å². The first-order valence-electron chi connectivity index (χ1n) is 9.14. The molecule has 0 saturated carbocycles. The van der Waals surface area contributed by atoms with E-state index in [1.165, 1.54) is 11.8 Å². The number of hydrogen-bond acceptors (Lipinski definition) is 6. The van der Waals surface area contributed by atoms with E-state index in [1.807, 2.05) is 43.7 Å². The van der Waals surface area contributed by atoms with Crippen molar-refractivity contribution in [3.8, 4) is 11.5 Å². The second-order valence-corrected chi connectivity index (χ2v) is 7.73. The number of carbonyl (C=O) groups is 1. The minimum atomic E-state index is 0.00785. The van der Waals surface area contributed by atoms with Gasteiger partial charge in [0.1, 0.15) is 6.61 Å². The van der Waals surface area contributed by atoms with Crippen LogP contribution in [0.15, 0.2) is 47.6 Å². The summed E-state index contributed by atoms with van der Waals surface area (Å²) in [5, 5.41) is 9.61. The molecular weight excluding hydrogens is 410 g/mol. The normalized spacial score (nSPS) is 10.8. The third-order valence-corrected chi connectivity index (χ3v) is 5.45. The Hall–Kier alpha value is -2.51. The van der Waals surface area contributed by atoms with Crippen LogP contribution in [0.2, 0.25) is 5.02 Å². The van der Waals surface area contributed by atoms with Gasteiger partial charge in [0.15, 0.2) is 28.3 Å². The van der Waals surface area contributed by atoms with Gasteiger partial charge in [-0.25, -0.2) is 0 Å². The van der Waals surface area contributed by atoms with Crippen LogP contribution < -0.4 is 9.47 Å². The number of rotatable bonds is 9. The Labute approximate surface area is 179 Å². The number of carbonyl (C=O) groups excluding carboxylic acids is 1. The van der Waals surface area contributed by atoms with E-state index in [9.17, 15) is 4.79 Å². The number of halogens is 1. The van der Waals surface area contributed by atoms with Crippen LogP contribution in [0.4, 0.5) is 0 Å². The van der Waals surface area contributed by atoms with Crippen LogP contribution in [0.1, 0.15) is 28.7 Å². The molecule has 29 heavy (non-hydrogen) atoms. The van der Waals surface area contributed by atoms with Gasteiger partial charge in [0, 0.05) is 17.6 Å². The Morgan fingerprint density at radius 1 is 1.10 bits per heavy atom. The first-order chi connectivity index (χ1) is 14.0. The van der Waals surface area contributed by atoms with Gasteiger partial charge in [-0.2, -0.15) is 0 Å². The van der Waals surface area contributed by atoms with Crippen LogP contribution in [-0.2, 0) is 13.7 Å². The zero-order chi connectivity index (χ0) is 20.8. The molecule has 1 heterocycles. The molecule has 0 aliphatic heterocycles. The summed E-state index contributed by atoms with van der Waals surface area (Å²) in [6, 6.07) is 12.7. The summed E-state index contributed by atoms with van der Waals surface area (Å²) in [4.78, 5) is 12.3. The predicted octanol–water partition coefficient (Wildman–Crippen LogP) is 4.73. The fourth-order valence-electron chi connectivity index (χ4n) is 2.59. The number of thioether (sulfide) groups is 1. The van der Waals surface area contributed by atoms with Gasteiger partial charge in [-0.15, -0.1) is 10.2 Å². The second kappa shape index (κ2) is 9.80. The van der Waals surface area contributed by atoms with Gasteiger partial charge in [-0.1, -0.05) is 29.4 Å². The van der Waals surface area contributed by atoms with Crippen molar-refractivity contribution in [2.45, 2.75) is 25.6 Å². The van der Waals surface area contributed by atoms with E-state index in [2.05, 4.69) is 10.2 Å². The quantitative estimate of drug-likeness (QED) is 0.360. The first-order valence-corrected chi connectivity index (χ1v) is 10.5. The van der Waals surface area contributed by atoms with Gasteiger partial charge in [-0.05, 0) is 55.8 Å². The Morgan fingerprint density at radius 2 is 1.86 bits per heavy atom. The molecule has 0 radical (unpaired) electrons. The van der Waals surface area contributed by atoms with Crippen molar-refractivity contribution in [3.63, 3.8) is 0 Å². The van der Waals surface area contributed by atoms with E-state index in [1.54, 1.807) is 24.3 Å². The number of hydrogen-bond donors (Lipinski definition) is 0. The van der Waals surface area contributed by atoms with Crippen LogP contribution in [0.5, 0.6) is 11.5 Å². The number of ether oxygens (including phenoxy) is 2. The monoisotopic (exact) mass is 431 g/mol. The van der Waals surface area contributed by atoms with Crippen LogP contribution in [0.25, 0.3) is 0 Å². The Morgan fingerprint density at radius 3 is 2.59 bits per heavy atom. The van der Waals surface area contributed by atoms with Crippen molar-refractivity contribution in [3.05, 3.63) is 64.4 Å². The van der Waals surface area contributed by atoms with Crippen molar-refractivity contribution >= 4 is 29.1 Å². The molecule has 0 aliphatic carbocycles. The number of ketones is 1.